The maximum Gasteiger partial charge on any atom is 0.265 e. The number of benzene rings is 1. The van der Waals surface area contributed by atoms with Crippen molar-refractivity contribution in [2.24, 2.45) is 0 Å². The van der Waals surface area contributed by atoms with Crippen LogP contribution < -0.4 is 10.2 Å². The van der Waals surface area contributed by atoms with Crippen LogP contribution in [0.2, 0.25) is 0 Å². The SMILES string of the molecule is Cc1cccc(C(C)C)c1NC(=O)c1cc2sc(N(C)C)nc2s1. The lowest BCUT2D eigenvalue weighted by atomic mass is 9.98. The topological polar surface area (TPSA) is 45.2 Å². The van der Waals surface area contributed by atoms with E-state index >= 15 is 0 Å². The van der Waals surface area contributed by atoms with E-state index in [1.807, 2.05) is 44.1 Å². The van der Waals surface area contributed by atoms with Crippen molar-refractivity contribution >= 4 is 48.9 Å². The first-order valence-electron chi connectivity index (χ1n) is 7.85. The summed E-state index contributed by atoms with van der Waals surface area (Å²) in [6, 6.07) is 8.08. The van der Waals surface area contributed by atoms with E-state index in [4.69, 9.17) is 0 Å². The van der Waals surface area contributed by atoms with E-state index in [9.17, 15) is 4.79 Å². The van der Waals surface area contributed by atoms with Crippen molar-refractivity contribution < 1.29 is 4.79 Å². The smallest absolute Gasteiger partial charge is 0.265 e. The third kappa shape index (κ3) is 3.16. The molecule has 1 N–H and O–H groups in total. The van der Waals surface area contributed by atoms with E-state index in [0.29, 0.717) is 10.8 Å². The molecule has 0 atom stereocenters. The molecule has 0 spiro atoms. The van der Waals surface area contributed by atoms with Crippen LogP contribution >= 0.6 is 22.7 Å². The molecule has 126 valence electrons. The molecule has 3 aromatic rings. The highest BCUT2D eigenvalue weighted by atomic mass is 32.1. The molecular formula is C18H21N3OS2. The molecule has 2 heterocycles. The Morgan fingerprint density at radius 1 is 1.25 bits per heavy atom. The molecule has 0 aliphatic rings. The number of carbonyl (C=O) groups is 1. The van der Waals surface area contributed by atoms with Gasteiger partial charge in [0.25, 0.3) is 5.91 Å². The maximum atomic E-state index is 12.7. The number of thiophene rings is 1. The van der Waals surface area contributed by atoms with Gasteiger partial charge in [0.2, 0.25) is 0 Å². The van der Waals surface area contributed by atoms with Crippen molar-refractivity contribution in [2.75, 3.05) is 24.3 Å². The van der Waals surface area contributed by atoms with Crippen LogP contribution in [0.15, 0.2) is 24.3 Å². The summed E-state index contributed by atoms with van der Waals surface area (Å²) >= 11 is 3.05. The maximum absolute atomic E-state index is 12.7. The summed E-state index contributed by atoms with van der Waals surface area (Å²) in [5, 5.41) is 4.06. The number of para-hydroxylation sites is 1. The fourth-order valence-corrected chi connectivity index (χ4v) is 4.57. The van der Waals surface area contributed by atoms with Gasteiger partial charge in [-0.15, -0.1) is 11.3 Å². The highest BCUT2D eigenvalue weighted by Crippen LogP contribution is 2.35. The molecule has 6 heteroatoms. The van der Waals surface area contributed by atoms with Gasteiger partial charge >= 0.3 is 0 Å². The number of hydrogen-bond donors (Lipinski definition) is 1. The summed E-state index contributed by atoms with van der Waals surface area (Å²) in [6.45, 7) is 6.30. The van der Waals surface area contributed by atoms with Gasteiger partial charge in [-0.2, -0.15) is 0 Å². The molecular weight excluding hydrogens is 338 g/mol. The second-order valence-corrected chi connectivity index (χ2v) is 8.36. The zero-order valence-electron chi connectivity index (χ0n) is 14.5. The van der Waals surface area contributed by atoms with Gasteiger partial charge < -0.3 is 10.2 Å². The predicted molar refractivity (Wildman–Crippen MR) is 105 cm³/mol. The number of nitrogens with zero attached hydrogens (tertiary/aromatic N) is 2. The number of aromatic nitrogens is 1. The number of rotatable bonds is 4. The highest BCUT2D eigenvalue weighted by Gasteiger charge is 2.17. The summed E-state index contributed by atoms with van der Waals surface area (Å²) in [6.07, 6.45) is 0. The molecule has 0 saturated carbocycles. The molecule has 2 aromatic heterocycles. The number of thiazole rings is 1. The van der Waals surface area contributed by atoms with E-state index in [1.165, 1.54) is 11.3 Å². The average Bonchev–Trinajstić information content (AvgIpc) is 3.07. The molecule has 24 heavy (non-hydrogen) atoms. The van der Waals surface area contributed by atoms with Crippen molar-refractivity contribution in [3.63, 3.8) is 0 Å². The number of hydrogen-bond acceptors (Lipinski definition) is 5. The lowest BCUT2D eigenvalue weighted by Crippen LogP contribution is -2.13. The fraction of sp³-hybridized carbons (Fsp3) is 0.333. The molecule has 0 fully saturated rings. The van der Waals surface area contributed by atoms with Crippen molar-refractivity contribution in [3.05, 3.63) is 40.3 Å². The minimum Gasteiger partial charge on any atom is -0.354 e. The Morgan fingerprint density at radius 2 is 2.00 bits per heavy atom. The molecule has 0 bridgehead atoms. The Hall–Kier alpha value is -1.92. The minimum atomic E-state index is -0.0622. The lowest BCUT2D eigenvalue weighted by molar-refractivity contribution is 0.103. The van der Waals surface area contributed by atoms with Crippen LogP contribution in [0, 0.1) is 6.92 Å². The number of fused-ring (bicyclic) bond motifs is 1. The summed E-state index contributed by atoms with van der Waals surface area (Å²) in [5.41, 5.74) is 3.17. The second-order valence-electron chi connectivity index (χ2n) is 6.32. The predicted octanol–water partition coefficient (Wildman–Crippen LogP) is 5.11. The van der Waals surface area contributed by atoms with E-state index < -0.39 is 0 Å². The lowest BCUT2D eigenvalue weighted by Gasteiger charge is -2.16. The van der Waals surface area contributed by atoms with E-state index in [0.717, 1.165) is 31.5 Å². The Labute approximate surface area is 150 Å². The number of carbonyl (C=O) groups excluding carboxylic acids is 1. The third-order valence-corrected chi connectivity index (χ3v) is 6.18. The van der Waals surface area contributed by atoms with Crippen LogP contribution in [-0.4, -0.2) is 25.0 Å². The van der Waals surface area contributed by atoms with E-state index in [2.05, 4.69) is 30.2 Å². The zero-order valence-corrected chi connectivity index (χ0v) is 16.1. The zero-order chi connectivity index (χ0) is 17.4. The Bertz CT molecular complexity index is 861. The number of nitrogens with one attached hydrogen (secondary N) is 1. The molecule has 4 nitrogen and oxygen atoms in total. The van der Waals surface area contributed by atoms with Gasteiger partial charge in [-0.1, -0.05) is 43.4 Å². The Kier molecular flexibility index (Phi) is 4.60. The quantitative estimate of drug-likeness (QED) is 0.704. The molecule has 0 aliphatic carbocycles. The Morgan fingerprint density at radius 3 is 2.62 bits per heavy atom. The summed E-state index contributed by atoms with van der Waals surface area (Å²) in [4.78, 5) is 20.9. The van der Waals surface area contributed by atoms with Gasteiger partial charge in [-0.05, 0) is 30.0 Å². The molecule has 1 aromatic carbocycles. The molecule has 0 saturated heterocycles. The number of anilines is 2. The van der Waals surface area contributed by atoms with Crippen LogP contribution in [0.1, 0.15) is 40.6 Å². The fourth-order valence-electron chi connectivity index (χ4n) is 2.54. The van der Waals surface area contributed by atoms with Crippen LogP contribution in [0.4, 0.5) is 10.8 Å². The largest absolute Gasteiger partial charge is 0.354 e. The van der Waals surface area contributed by atoms with Crippen molar-refractivity contribution in [1.29, 1.82) is 0 Å². The monoisotopic (exact) mass is 359 g/mol. The molecule has 0 aliphatic heterocycles. The summed E-state index contributed by atoms with van der Waals surface area (Å²) < 4.78 is 1.06. The summed E-state index contributed by atoms with van der Waals surface area (Å²) in [5.74, 6) is 0.296. The molecule has 1 amide bonds. The molecule has 3 rings (SSSR count). The van der Waals surface area contributed by atoms with Crippen molar-refractivity contribution in [3.8, 4) is 0 Å². The first-order chi connectivity index (χ1) is 11.4. The van der Waals surface area contributed by atoms with Gasteiger partial charge in [0, 0.05) is 19.8 Å². The van der Waals surface area contributed by atoms with Crippen LogP contribution in [-0.2, 0) is 0 Å². The van der Waals surface area contributed by atoms with Gasteiger partial charge in [-0.3, -0.25) is 4.79 Å². The van der Waals surface area contributed by atoms with Gasteiger partial charge in [0.05, 0.1) is 9.58 Å². The molecule has 0 radical (unpaired) electrons. The van der Waals surface area contributed by atoms with E-state index in [1.54, 1.807) is 11.3 Å². The van der Waals surface area contributed by atoms with Crippen LogP contribution in [0.3, 0.4) is 0 Å². The van der Waals surface area contributed by atoms with E-state index in [-0.39, 0.29) is 5.91 Å². The van der Waals surface area contributed by atoms with Crippen molar-refractivity contribution in [2.45, 2.75) is 26.7 Å². The minimum absolute atomic E-state index is 0.0622. The number of amides is 1. The third-order valence-electron chi connectivity index (χ3n) is 3.85. The van der Waals surface area contributed by atoms with Gasteiger partial charge in [0.15, 0.2) is 5.13 Å². The first kappa shape index (κ1) is 16.9. The van der Waals surface area contributed by atoms with Crippen LogP contribution in [0.25, 0.3) is 9.53 Å². The highest BCUT2D eigenvalue weighted by molar-refractivity contribution is 7.29. The van der Waals surface area contributed by atoms with Crippen LogP contribution in [0.5, 0.6) is 0 Å². The standard InChI is InChI=1S/C18H21N3OS2/c1-10(2)12-8-6-7-11(3)15(12)19-16(22)13-9-14-17(23-13)20-18(24-14)21(4)5/h6-10H,1-5H3,(H,19,22). The summed E-state index contributed by atoms with van der Waals surface area (Å²) in [7, 11) is 3.95. The average molecular weight is 360 g/mol. The van der Waals surface area contributed by atoms with Gasteiger partial charge in [-0.25, -0.2) is 4.98 Å². The normalized spacial score (nSPS) is 11.2. The second kappa shape index (κ2) is 6.53. The van der Waals surface area contributed by atoms with Gasteiger partial charge in [0.1, 0.15) is 4.83 Å². The van der Waals surface area contributed by atoms with Crippen molar-refractivity contribution in [1.82, 2.24) is 4.98 Å². The molecule has 0 unspecified atom stereocenters. The first-order valence-corrected chi connectivity index (χ1v) is 9.48. The Balaban J connectivity index is 1.89. The number of aryl methyl sites for hydroxylation is 1.